The average Bonchev–Trinajstić information content (AvgIpc) is 2.44. The van der Waals surface area contributed by atoms with Gasteiger partial charge in [-0.25, -0.2) is 0 Å². The fourth-order valence-electron chi connectivity index (χ4n) is 2.20. The second-order valence-corrected chi connectivity index (χ2v) is 6.70. The number of nitrogens with one attached hydrogen (secondary N) is 1. The monoisotopic (exact) mass is 405 g/mol. The van der Waals surface area contributed by atoms with Crippen molar-refractivity contribution in [2.24, 2.45) is 0 Å². The van der Waals surface area contributed by atoms with Crippen molar-refractivity contribution in [1.82, 2.24) is 5.32 Å². The highest BCUT2D eigenvalue weighted by molar-refractivity contribution is 9.11. The Morgan fingerprint density at radius 1 is 1.25 bits per heavy atom. The van der Waals surface area contributed by atoms with Crippen molar-refractivity contribution < 1.29 is 9.47 Å². The molecule has 5 heteroatoms. The van der Waals surface area contributed by atoms with Crippen LogP contribution in [-0.4, -0.2) is 25.9 Å². The van der Waals surface area contributed by atoms with E-state index in [2.05, 4.69) is 56.2 Å². The van der Waals surface area contributed by atoms with Crippen molar-refractivity contribution in [1.29, 1.82) is 0 Å². The number of hydrogen-bond donors (Lipinski definition) is 1. The summed E-state index contributed by atoms with van der Waals surface area (Å²) in [6.07, 6.45) is 3.31. The molecule has 1 N–H and O–H groups in total. The van der Waals surface area contributed by atoms with Gasteiger partial charge in [-0.15, -0.1) is 0 Å². The molecule has 0 spiro atoms. The van der Waals surface area contributed by atoms with Crippen LogP contribution in [0.5, 0.6) is 5.75 Å². The van der Waals surface area contributed by atoms with E-state index in [9.17, 15) is 0 Å². The highest BCUT2D eigenvalue weighted by atomic mass is 79.9. The van der Waals surface area contributed by atoms with Crippen LogP contribution < -0.4 is 10.1 Å². The normalized spacial score (nSPS) is 16.4. The maximum absolute atomic E-state index is 6.10. The van der Waals surface area contributed by atoms with E-state index < -0.39 is 0 Å². The molecule has 0 bridgehead atoms. The highest BCUT2D eigenvalue weighted by Gasteiger charge is 2.18. The number of halogens is 2. The summed E-state index contributed by atoms with van der Waals surface area (Å²) in [7, 11) is 0. The van der Waals surface area contributed by atoms with Gasteiger partial charge in [-0.05, 0) is 62.5 Å². The van der Waals surface area contributed by atoms with Gasteiger partial charge in [0.25, 0.3) is 0 Å². The number of ether oxygens (including phenoxy) is 2. The van der Waals surface area contributed by atoms with Crippen LogP contribution in [0.25, 0.3) is 0 Å². The van der Waals surface area contributed by atoms with Crippen molar-refractivity contribution in [3.63, 3.8) is 0 Å². The average molecular weight is 407 g/mol. The Labute approximate surface area is 137 Å². The fourth-order valence-corrected chi connectivity index (χ4v) is 3.67. The molecule has 0 amide bonds. The van der Waals surface area contributed by atoms with E-state index in [0.717, 1.165) is 60.3 Å². The number of benzene rings is 1. The first kappa shape index (κ1) is 16.3. The van der Waals surface area contributed by atoms with Gasteiger partial charge in [-0.3, -0.25) is 0 Å². The molecular formula is C15H21Br2NO2. The predicted octanol–water partition coefficient (Wildman–Crippen LogP) is 4.27. The second-order valence-electron chi connectivity index (χ2n) is 4.99. The lowest BCUT2D eigenvalue weighted by Crippen LogP contribution is -2.26. The van der Waals surface area contributed by atoms with Gasteiger partial charge in [0.1, 0.15) is 11.9 Å². The summed E-state index contributed by atoms with van der Waals surface area (Å²) in [5, 5.41) is 3.41. The van der Waals surface area contributed by atoms with Gasteiger partial charge in [0.2, 0.25) is 0 Å². The molecule has 0 saturated carbocycles. The third kappa shape index (κ3) is 4.72. The number of rotatable bonds is 6. The van der Waals surface area contributed by atoms with Gasteiger partial charge < -0.3 is 14.8 Å². The van der Waals surface area contributed by atoms with Gasteiger partial charge in [0, 0.05) is 19.4 Å². The van der Waals surface area contributed by atoms with Crippen molar-refractivity contribution >= 4 is 31.9 Å². The molecule has 1 aromatic rings. The summed E-state index contributed by atoms with van der Waals surface area (Å²) in [4.78, 5) is 0. The molecule has 3 nitrogen and oxygen atoms in total. The lowest BCUT2D eigenvalue weighted by Gasteiger charge is -2.24. The lowest BCUT2D eigenvalue weighted by atomic mass is 10.1. The van der Waals surface area contributed by atoms with Crippen LogP contribution in [0.2, 0.25) is 0 Å². The van der Waals surface area contributed by atoms with E-state index in [1.807, 2.05) is 0 Å². The van der Waals surface area contributed by atoms with E-state index in [1.54, 1.807) is 0 Å². The third-order valence-electron chi connectivity index (χ3n) is 3.27. The first-order chi connectivity index (χ1) is 9.70. The largest absolute Gasteiger partial charge is 0.488 e. The van der Waals surface area contributed by atoms with E-state index in [1.165, 1.54) is 5.56 Å². The molecule has 2 rings (SSSR count). The fraction of sp³-hybridized carbons (Fsp3) is 0.600. The van der Waals surface area contributed by atoms with E-state index in [-0.39, 0.29) is 6.10 Å². The van der Waals surface area contributed by atoms with Crippen molar-refractivity contribution in [3.05, 3.63) is 26.6 Å². The quantitative estimate of drug-likeness (QED) is 0.715. The van der Waals surface area contributed by atoms with Gasteiger partial charge in [0.05, 0.1) is 22.2 Å². The Morgan fingerprint density at radius 2 is 1.90 bits per heavy atom. The number of hydrogen-bond acceptors (Lipinski definition) is 3. The highest BCUT2D eigenvalue weighted by Crippen LogP contribution is 2.36. The first-order valence-corrected chi connectivity index (χ1v) is 8.72. The van der Waals surface area contributed by atoms with Gasteiger partial charge in [-0.1, -0.05) is 6.92 Å². The molecule has 0 atom stereocenters. The molecular weight excluding hydrogens is 386 g/mol. The summed E-state index contributed by atoms with van der Waals surface area (Å²) in [5.74, 6) is 0.899. The minimum absolute atomic E-state index is 0.250. The molecule has 1 saturated heterocycles. The minimum atomic E-state index is 0.250. The van der Waals surface area contributed by atoms with Crippen LogP contribution >= 0.6 is 31.9 Å². The molecule has 1 aromatic carbocycles. The molecule has 0 radical (unpaired) electrons. The molecule has 1 heterocycles. The summed E-state index contributed by atoms with van der Waals surface area (Å²) < 4.78 is 13.5. The summed E-state index contributed by atoms with van der Waals surface area (Å²) in [6, 6.07) is 4.25. The zero-order chi connectivity index (χ0) is 14.4. The lowest BCUT2D eigenvalue weighted by molar-refractivity contribution is 0.0249. The van der Waals surface area contributed by atoms with Gasteiger partial charge in [0.15, 0.2) is 0 Å². The van der Waals surface area contributed by atoms with Crippen molar-refractivity contribution in [2.75, 3.05) is 19.8 Å². The van der Waals surface area contributed by atoms with Crippen LogP contribution in [0.1, 0.15) is 31.7 Å². The van der Waals surface area contributed by atoms with Crippen LogP contribution in [0, 0.1) is 0 Å². The third-order valence-corrected chi connectivity index (χ3v) is 4.44. The van der Waals surface area contributed by atoms with Gasteiger partial charge >= 0.3 is 0 Å². The molecule has 0 unspecified atom stereocenters. The van der Waals surface area contributed by atoms with E-state index >= 15 is 0 Å². The minimum Gasteiger partial charge on any atom is -0.488 e. The smallest absolute Gasteiger partial charge is 0.148 e. The summed E-state index contributed by atoms with van der Waals surface area (Å²) in [5.41, 5.74) is 1.25. The summed E-state index contributed by atoms with van der Waals surface area (Å²) >= 11 is 7.24. The van der Waals surface area contributed by atoms with Crippen LogP contribution in [0.3, 0.4) is 0 Å². The summed E-state index contributed by atoms with van der Waals surface area (Å²) in [6.45, 7) is 5.67. The van der Waals surface area contributed by atoms with Gasteiger partial charge in [-0.2, -0.15) is 0 Å². The molecule has 1 aliphatic rings. The Balaban J connectivity index is 2.01. The van der Waals surface area contributed by atoms with E-state index in [0.29, 0.717) is 0 Å². The Hall–Kier alpha value is -0.100. The molecule has 20 heavy (non-hydrogen) atoms. The molecule has 0 aromatic heterocycles. The topological polar surface area (TPSA) is 30.5 Å². The zero-order valence-corrected chi connectivity index (χ0v) is 14.9. The predicted molar refractivity (Wildman–Crippen MR) is 88.3 cm³/mol. The van der Waals surface area contributed by atoms with Crippen molar-refractivity contribution in [2.45, 2.75) is 38.8 Å². The van der Waals surface area contributed by atoms with E-state index in [4.69, 9.17) is 9.47 Å². The maximum atomic E-state index is 6.10. The van der Waals surface area contributed by atoms with Crippen LogP contribution in [0.15, 0.2) is 21.1 Å². The van der Waals surface area contributed by atoms with Crippen LogP contribution in [-0.2, 0) is 11.3 Å². The standard InChI is InChI=1S/C15H21Br2NO2/c1-2-5-18-10-11-8-13(16)15(14(17)9-11)20-12-3-6-19-7-4-12/h8-9,12,18H,2-7,10H2,1H3. The van der Waals surface area contributed by atoms with Crippen LogP contribution in [0.4, 0.5) is 0 Å². The molecule has 112 valence electrons. The Bertz CT molecular complexity index is 411. The second kappa shape index (κ2) is 8.37. The molecule has 1 aliphatic heterocycles. The Morgan fingerprint density at radius 3 is 2.50 bits per heavy atom. The first-order valence-electron chi connectivity index (χ1n) is 7.13. The molecule has 0 aliphatic carbocycles. The Kier molecular flexibility index (Phi) is 6.81. The maximum Gasteiger partial charge on any atom is 0.148 e. The SMILES string of the molecule is CCCNCc1cc(Br)c(OC2CCOCC2)c(Br)c1. The van der Waals surface area contributed by atoms with Crippen molar-refractivity contribution in [3.8, 4) is 5.75 Å². The zero-order valence-electron chi connectivity index (χ0n) is 11.8. The molecule has 1 fully saturated rings.